The van der Waals surface area contributed by atoms with Crippen LogP contribution in [0.5, 0.6) is 0 Å². The Balaban J connectivity index is 1.52. The highest BCUT2D eigenvalue weighted by atomic mass is 35.5. The molecule has 2 aromatic heterocycles. The lowest BCUT2D eigenvalue weighted by Crippen LogP contribution is -2.42. The molecule has 5 rings (SSSR count). The summed E-state index contributed by atoms with van der Waals surface area (Å²) >= 11 is 12.0. The van der Waals surface area contributed by atoms with E-state index in [-0.39, 0.29) is 12.1 Å². The number of thiocarbonyl (C=S) groups is 1. The summed E-state index contributed by atoms with van der Waals surface area (Å²) in [6.45, 7) is 9.67. The molecule has 2 saturated heterocycles. The molecule has 2 aliphatic rings. The van der Waals surface area contributed by atoms with Crippen LogP contribution in [0.1, 0.15) is 34.7 Å². The summed E-state index contributed by atoms with van der Waals surface area (Å²) in [5.41, 5.74) is 5.75. The fraction of sp³-hybridized carbons (Fsp3) is 0.385. The van der Waals surface area contributed by atoms with Crippen molar-refractivity contribution in [2.45, 2.75) is 25.9 Å². The third-order valence-corrected chi connectivity index (χ3v) is 7.44. The number of benzene rings is 1. The summed E-state index contributed by atoms with van der Waals surface area (Å²) in [6, 6.07) is 16.4. The lowest BCUT2D eigenvalue weighted by molar-refractivity contribution is 0.0350. The Kier molecular flexibility index (Phi) is 6.88. The van der Waals surface area contributed by atoms with Crippen LogP contribution in [0.25, 0.3) is 5.69 Å². The summed E-state index contributed by atoms with van der Waals surface area (Å²) < 4.78 is 7.82. The summed E-state index contributed by atoms with van der Waals surface area (Å²) in [7, 11) is 0. The van der Waals surface area contributed by atoms with Gasteiger partial charge in [-0.25, -0.2) is 0 Å². The molecule has 0 unspecified atom stereocenters. The van der Waals surface area contributed by atoms with Crippen molar-refractivity contribution in [2.75, 3.05) is 39.4 Å². The van der Waals surface area contributed by atoms with Crippen LogP contribution in [0, 0.1) is 13.8 Å². The van der Waals surface area contributed by atoms with Gasteiger partial charge in [-0.15, -0.1) is 0 Å². The van der Waals surface area contributed by atoms with Gasteiger partial charge >= 0.3 is 0 Å². The number of morpholine rings is 1. The molecule has 0 radical (unpaired) electrons. The van der Waals surface area contributed by atoms with E-state index < -0.39 is 0 Å². The molecule has 4 heterocycles. The minimum Gasteiger partial charge on any atom is -0.379 e. The molecule has 8 heteroatoms. The van der Waals surface area contributed by atoms with Gasteiger partial charge in [-0.05, 0) is 74.1 Å². The van der Waals surface area contributed by atoms with Crippen molar-refractivity contribution >= 4 is 28.9 Å². The molecule has 0 aliphatic carbocycles. The maximum atomic E-state index is 6.15. The van der Waals surface area contributed by atoms with E-state index in [0.29, 0.717) is 0 Å². The van der Waals surface area contributed by atoms with Crippen LogP contribution in [-0.2, 0) is 4.74 Å². The standard InChI is InChI=1S/C26H30ClN5OS/c1-18-17-22(19(2)32(18)21-8-6-20(27)7-9-21)25-24(23-5-3-4-10-28-23)29-26(34)31(25)12-11-30-13-15-33-16-14-30/h3-10,17,24-25H,11-16H2,1-2H3,(H,29,34)/t24-,25-/m1/s1. The van der Waals surface area contributed by atoms with E-state index in [9.17, 15) is 0 Å². The zero-order valence-electron chi connectivity index (χ0n) is 19.6. The first-order valence-corrected chi connectivity index (χ1v) is 12.5. The highest BCUT2D eigenvalue weighted by Crippen LogP contribution is 2.41. The predicted octanol–water partition coefficient (Wildman–Crippen LogP) is 4.45. The van der Waals surface area contributed by atoms with Crippen molar-refractivity contribution in [3.63, 3.8) is 0 Å². The molecular weight excluding hydrogens is 466 g/mol. The van der Waals surface area contributed by atoms with Crippen molar-refractivity contribution in [3.05, 3.63) is 82.4 Å². The summed E-state index contributed by atoms with van der Waals surface area (Å²) in [6.07, 6.45) is 1.85. The van der Waals surface area contributed by atoms with Crippen molar-refractivity contribution in [1.82, 2.24) is 24.7 Å². The normalized spacial score (nSPS) is 21.1. The van der Waals surface area contributed by atoms with E-state index >= 15 is 0 Å². The molecule has 2 atom stereocenters. The van der Waals surface area contributed by atoms with Crippen LogP contribution in [-0.4, -0.2) is 63.9 Å². The third-order valence-electron chi connectivity index (χ3n) is 6.83. The number of aryl methyl sites for hydroxylation is 1. The number of hydrogen-bond donors (Lipinski definition) is 1. The molecule has 0 spiro atoms. The van der Waals surface area contributed by atoms with Crippen LogP contribution in [0.15, 0.2) is 54.7 Å². The summed E-state index contributed by atoms with van der Waals surface area (Å²) in [5.74, 6) is 0. The molecule has 178 valence electrons. The Morgan fingerprint density at radius 2 is 1.85 bits per heavy atom. The molecule has 0 bridgehead atoms. The fourth-order valence-corrected chi connectivity index (χ4v) is 5.59. The van der Waals surface area contributed by atoms with Crippen LogP contribution in [0.2, 0.25) is 5.02 Å². The summed E-state index contributed by atoms with van der Waals surface area (Å²) in [5, 5.41) is 5.10. The molecule has 3 aromatic rings. The molecular formula is C26H30ClN5OS. The fourth-order valence-electron chi connectivity index (χ4n) is 5.13. The number of nitrogens with one attached hydrogen (secondary N) is 1. The second-order valence-electron chi connectivity index (χ2n) is 8.91. The zero-order valence-corrected chi connectivity index (χ0v) is 21.1. The topological polar surface area (TPSA) is 45.6 Å². The van der Waals surface area contributed by atoms with Gasteiger partial charge in [0.15, 0.2) is 5.11 Å². The van der Waals surface area contributed by atoms with Gasteiger partial charge in [0.2, 0.25) is 0 Å². The van der Waals surface area contributed by atoms with E-state index in [0.717, 1.165) is 60.9 Å². The smallest absolute Gasteiger partial charge is 0.170 e. The number of halogens is 1. The minimum atomic E-state index is -0.0162. The lowest BCUT2D eigenvalue weighted by Gasteiger charge is -2.32. The minimum absolute atomic E-state index is 0.0162. The van der Waals surface area contributed by atoms with Gasteiger partial charge in [0.25, 0.3) is 0 Å². The van der Waals surface area contributed by atoms with E-state index in [1.807, 2.05) is 30.5 Å². The maximum Gasteiger partial charge on any atom is 0.170 e. The van der Waals surface area contributed by atoms with Crippen molar-refractivity contribution in [1.29, 1.82) is 0 Å². The number of rotatable bonds is 6. The first kappa shape index (κ1) is 23.3. The van der Waals surface area contributed by atoms with Crippen molar-refractivity contribution < 1.29 is 4.74 Å². The first-order chi connectivity index (χ1) is 16.5. The van der Waals surface area contributed by atoms with Gasteiger partial charge in [0, 0.05) is 54.5 Å². The van der Waals surface area contributed by atoms with Crippen molar-refractivity contribution in [3.8, 4) is 5.69 Å². The molecule has 6 nitrogen and oxygen atoms in total. The molecule has 0 amide bonds. The molecule has 1 aromatic carbocycles. The van der Waals surface area contributed by atoms with Crippen LogP contribution in [0.4, 0.5) is 0 Å². The molecule has 34 heavy (non-hydrogen) atoms. The maximum absolute atomic E-state index is 6.15. The number of ether oxygens (including phenoxy) is 1. The van der Waals surface area contributed by atoms with Crippen LogP contribution in [0.3, 0.4) is 0 Å². The van der Waals surface area contributed by atoms with Gasteiger partial charge in [0.1, 0.15) is 0 Å². The van der Waals surface area contributed by atoms with E-state index in [4.69, 9.17) is 28.6 Å². The molecule has 1 N–H and O–H groups in total. The van der Waals surface area contributed by atoms with Gasteiger partial charge < -0.3 is 19.5 Å². The monoisotopic (exact) mass is 495 g/mol. The zero-order chi connectivity index (χ0) is 23.7. The Morgan fingerprint density at radius 1 is 1.09 bits per heavy atom. The Hall–Kier alpha value is -2.45. The first-order valence-electron chi connectivity index (χ1n) is 11.8. The van der Waals surface area contributed by atoms with Crippen LogP contribution < -0.4 is 5.32 Å². The van der Waals surface area contributed by atoms with Gasteiger partial charge in [-0.3, -0.25) is 9.88 Å². The number of nitrogens with zero attached hydrogens (tertiary/aromatic N) is 4. The highest BCUT2D eigenvalue weighted by molar-refractivity contribution is 7.80. The molecule has 2 aliphatic heterocycles. The van der Waals surface area contributed by atoms with Gasteiger partial charge in [-0.2, -0.15) is 0 Å². The average Bonchev–Trinajstić information content (AvgIpc) is 3.34. The largest absolute Gasteiger partial charge is 0.379 e. The van der Waals surface area contributed by atoms with Crippen molar-refractivity contribution in [2.24, 2.45) is 0 Å². The highest BCUT2D eigenvalue weighted by Gasteiger charge is 2.41. The second kappa shape index (κ2) is 10.0. The lowest BCUT2D eigenvalue weighted by atomic mass is 9.96. The van der Waals surface area contributed by atoms with Gasteiger partial charge in [-0.1, -0.05) is 17.7 Å². The summed E-state index contributed by atoms with van der Waals surface area (Å²) in [4.78, 5) is 9.48. The second-order valence-corrected chi connectivity index (χ2v) is 9.74. The van der Waals surface area contributed by atoms with E-state index in [1.165, 1.54) is 17.0 Å². The quantitative estimate of drug-likeness (QED) is 0.510. The SMILES string of the molecule is Cc1cc([C@@H]2[C@@H](c3ccccn3)NC(=S)N2CCN2CCOCC2)c(C)n1-c1ccc(Cl)cc1. The van der Waals surface area contributed by atoms with E-state index in [1.54, 1.807) is 0 Å². The average molecular weight is 496 g/mol. The predicted molar refractivity (Wildman–Crippen MR) is 140 cm³/mol. The van der Waals surface area contributed by atoms with Crippen LogP contribution >= 0.6 is 23.8 Å². The van der Waals surface area contributed by atoms with Gasteiger partial charge in [0.05, 0.1) is 31.0 Å². The number of hydrogen-bond acceptors (Lipinski definition) is 4. The Labute approximate surface area is 211 Å². The molecule has 2 fully saturated rings. The number of pyridine rings is 1. The third kappa shape index (κ3) is 4.58. The van der Waals surface area contributed by atoms with E-state index in [2.05, 4.69) is 62.8 Å². The Bertz CT molecular complexity index is 1140. The number of aromatic nitrogens is 2. The molecule has 0 saturated carbocycles. The Morgan fingerprint density at radius 3 is 2.56 bits per heavy atom.